The molecule has 4 N–H and O–H groups in total. The van der Waals surface area contributed by atoms with Crippen molar-refractivity contribution in [2.75, 3.05) is 27.3 Å². The normalized spacial score (nSPS) is 22.6. The number of carbonyl (C=O) groups is 3. The van der Waals surface area contributed by atoms with Gasteiger partial charge in [-0.2, -0.15) is 4.98 Å². The largest absolute Gasteiger partial charge is 0.497 e. The van der Waals surface area contributed by atoms with E-state index < -0.39 is 35.4 Å². The number of urea groups is 1. The Hall–Kier alpha value is -5.56. The molecule has 1 aromatic heterocycles. The first-order valence-electron chi connectivity index (χ1n) is 18.4. The van der Waals surface area contributed by atoms with Gasteiger partial charge in [-0.15, -0.1) is 0 Å². The van der Waals surface area contributed by atoms with E-state index in [0.29, 0.717) is 57.2 Å². The molecule has 284 valence electrons. The van der Waals surface area contributed by atoms with Gasteiger partial charge in [-0.05, 0) is 93.1 Å². The number of quaternary nitrogens is 1. The van der Waals surface area contributed by atoms with Crippen LogP contribution in [0.1, 0.15) is 56.1 Å². The van der Waals surface area contributed by atoms with Gasteiger partial charge < -0.3 is 30.0 Å². The van der Waals surface area contributed by atoms with Crippen LogP contribution in [0.25, 0.3) is 22.3 Å². The number of aliphatic carboxylic acids is 1. The molecule has 54 heavy (non-hydrogen) atoms. The van der Waals surface area contributed by atoms with Crippen molar-refractivity contribution in [3.8, 4) is 28.8 Å². The van der Waals surface area contributed by atoms with Crippen LogP contribution in [0, 0.1) is 12.7 Å². The fraction of sp³-hybridized carbons (Fsp3) is 0.390. The number of halogens is 1. The topological polar surface area (TPSA) is 153 Å². The molecule has 13 heteroatoms. The number of carbonyl (C=O) groups excluding carboxylic acids is 2. The summed E-state index contributed by atoms with van der Waals surface area (Å²) in [6.45, 7) is 2.44. The number of methoxy groups -OCH3 is 2. The molecule has 1 fully saturated rings. The number of carboxylic acids is 1. The Balaban J connectivity index is 1.35. The highest BCUT2D eigenvalue weighted by atomic mass is 19.1. The molecule has 4 unspecified atom stereocenters. The van der Waals surface area contributed by atoms with Gasteiger partial charge in [-0.1, -0.05) is 30.7 Å². The van der Waals surface area contributed by atoms with Crippen molar-refractivity contribution >= 4 is 28.8 Å². The molecule has 2 aliphatic heterocycles. The lowest BCUT2D eigenvalue weighted by molar-refractivity contribution is -0.820. The zero-order valence-corrected chi connectivity index (χ0v) is 30.8. The Morgan fingerprint density at radius 1 is 0.963 bits per heavy atom. The lowest BCUT2D eigenvalue weighted by atomic mass is 9.85. The lowest BCUT2D eigenvalue weighted by Gasteiger charge is -2.32. The molecular formula is C41H47FN5O7+. The number of ether oxygens (including phenoxy) is 3. The van der Waals surface area contributed by atoms with E-state index in [1.807, 2.05) is 19.1 Å². The Morgan fingerprint density at radius 2 is 1.72 bits per heavy atom. The van der Waals surface area contributed by atoms with E-state index in [4.69, 9.17) is 24.2 Å². The minimum Gasteiger partial charge on any atom is -0.497 e. The van der Waals surface area contributed by atoms with Crippen LogP contribution in [0.15, 0.2) is 72.8 Å². The van der Waals surface area contributed by atoms with Crippen LogP contribution >= 0.6 is 0 Å². The average molecular weight is 741 g/mol. The van der Waals surface area contributed by atoms with Crippen LogP contribution in [0.2, 0.25) is 0 Å². The Labute approximate surface area is 313 Å². The van der Waals surface area contributed by atoms with Gasteiger partial charge in [-0.3, -0.25) is 4.79 Å². The molecular weight excluding hydrogens is 693 g/mol. The molecule has 3 amide bonds. The molecule has 1 saturated heterocycles. The van der Waals surface area contributed by atoms with Crippen molar-refractivity contribution in [3.05, 3.63) is 89.8 Å². The SMILES string of the molecule is COc1ccc(CC2(C(=O)O)CCC=CCCCCCNC(=O)[NH+]3CC(Oc4nc(-c5ccc(F)cc5)nc5c(C)c(OC)ccc45)CC3C(=O)N2)cc1. The summed E-state index contributed by atoms with van der Waals surface area (Å²) in [7, 11) is 3.13. The Kier molecular flexibility index (Phi) is 12.1. The number of fused-ring (bicyclic) bond motifs is 2. The number of nitrogens with one attached hydrogen (secondary N) is 3. The maximum atomic E-state index is 14.4. The standard InChI is InChI=1S/C41H46FN5O7/c1-26-34(53-3)20-19-32-35(26)44-36(28-13-15-29(42)16-14-28)45-38(32)54-31-23-33-37(48)46-41(39(49)50,24-27-11-17-30(52-2)18-12-27)21-9-7-5-4-6-8-10-22-43-40(51)47(33)25-31/h5,7,11-20,31,33H,4,6,8-10,21-25H2,1-3H3,(H,43,51)(H,46,48)(H,49,50)/p+1. The summed E-state index contributed by atoms with van der Waals surface area (Å²) < 4.78 is 31.3. The minimum absolute atomic E-state index is 0.0297. The molecule has 0 bridgehead atoms. The number of hydrogen-bond acceptors (Lipinski definition) is 8. The van der Waals surface area contributed by atoms with E-state index in [0.717, 1.165) is 31.2 Å². The quantitative estimate of drug-likeness (QED) is 0.184. The molecule has 0 saturated carbocycles. The number of benzene rings is 3. The summed E-state index contributed by atoms with van der Waals surface area (Å²) in [6, 6.07) is 15.2. The zero-order chi connectivity index (χ0) is 38.2. The highest BCUT2D eigenvalue weighted by Gasteiger charge is 2.50. The van der Waals surface area contributed by atoms with Crippen molar-refractivity contribution in [1.82, 2.24) is 20.6 Å². The van der Waals surface area contributed by atoms with Crippen molar-refractivity contribution in [3.63, 3.8) is 0 Å². The highest BCUT2D eigenvalue weighted by molar-refractivity contribution is 5.91. The average Bonchev–Trinajstić information content (AvgIpc) is 3.60. The van der Waals surface area contributed by atoms with Crippen LogP contribution in [0.4, 0.5) is 9.18 Å². The second kappa shape index (κ2) is 17.1. The first-order valence-corrected chi connectivity index (χ1v) is 18.4. The predicted octanol–water partition coefficient (Wildman–Crippen LogP) is 4.97. The molecule has 0 spiro atoms. The van der Waals surface area contributed by atoms with Crippen molar-refractivity contribution in [2.45, 2.75) is 76.0 Å². The highest BCUT2D eigenvalue weighted by Crippen LogP contribution is 2.34. The van der Waals surface area contributed by atoms with Crippen molar-refractivity contribution in [2.24, 2.45) is 0 Å². The van der Waals surface area contributed by atoms with E-state index in [-0.39, 0.29) is 37.7 Å². The molecule has 2 aliphatic rings. The fourth-order valence-electron chi connectivity index (χ4n) is 7.26. The van der Waals surface area contributed by atoms with Crippen LogP contribution in [-0.4, -0.2) is 78.0 Å². The number of aryl methyl sites for hydroxylation is 1. The molecule has 0 radical (unpaired) electrons. The molecule has 4 atom stereocenters. The van der Waals surface area contributed by atoms with Gasteiger partial charge in [0.05, 0.1) is 31.5 Å². The number of allylic oxidation sites excluding steroid dienone is 2. The van der Waals surface area contributed by atoms with Crippen LogP contribution < -0.4 is 29.7 Å². The van der Waals surface area contributed by atoms with Crippen LogP contribution in [-0.2, 0) is 16.0 Å². The Morgan fingerprint density at radius 3 is 2.44 bits per heavy atom. The van der Waals surface area contributed by atoms with Crippen molar-refractivity contribution < 1.29 is 43.0 Å². The predicted molar refractivity (Wildman–Crippen MR) is 200 cm³/mol. The van der Waals surface area contributed by atoms with E-state index in [1.165, 1.54) is 12.1 Å². The summed E-state index contributed by atoms with van der Waals surface area (Å²) in [4.78, 5) is 51.2. The third-order valence-corrected chi connectivity index (χ3v) is 10.3. The third kappa shape index (κ3) is 8.62. The van der Waals surface area contributed by atoms with Gasteiger partial charge in [-0.25, -0.2) is 23.9 Å². The summed E-state index contributed by atoms with van der Waals surface area (Å²) >= 11 is 0. The van der Waals surface area contributed by atoms with Crippen molar-refractivity contribution in [1.29, 1.82) is 0 Å². The van der Waals surface area contributed by atoms with Gasteiger partial charge in [0.1, 0.15) is 29.4 Å². The van der Waals surface area contributed by atoms with Crippen LogP contribution in [0.3, 0.4) is 0 Å². The summed E-state index contributed by atoms with van der Waals surface area (Å²) in [6.07, 6.45) is 7.57. The van der Waals surface area contributed by atoms with Gasteiger partial charge in [0, 0.05) is 24.1 Å². The van der Waals surface area contributed by atoms with E-state index in [9.17, 15) is 23.9 Å². The number of aromatic nitrogens is 2. The molecule has 3 heterocycles. The van der Waals surface area contributed by atoms with Gasteiger partial charge in [0.15, 0.2) is 18.0 Å². The summed E-state index contributed by atoms with van der Waals surface area (Å²) in [5.41, 5.74) is 0.954. The maximum Gasteiger partial charge on any atom is 0.415 e. The number of carboxylic acid groups (broad SMARTS) is 1. The molecule has 6 rings (SSSR count). The van der Waals surface area contributed by atoms with E-state index in [2.05, 4.69) is 10.6 Å². The second-order valence-electron chi connectivity index (χ2n) is 13.9. The molecule has 4 aromatic rings. The Bertz CT molecular complexity index is 2010. The first kappa shape index (κ1) is 38.2. The van der Waals surface area contributed by atoms with Gasteiger partial charge in [0.2, 0.25) is 5.88 Å². The number of amides is 3. The number of nitrogens with zero attached hydrogens (tertiary/aromatic N) is 2. The van der Waals surface area contributed by atoms with Gasteiger partial charge >= 0.3 is 12.0 Å². The smallest absolute Gasteiger partial charge is 0.415 e. The first-order chi connectivity index (χ1) is 26.1. The second-order valence-corrected chi connectivity index (χ2v) is 13.9. The lowest BCUT2D eigenvalue weighted by Crippen LogP contribution is -3.19. The monoisotopic (exact) mass is 740 g/mol. The van der Waals surface area contributed by atoms with Gasteiger partial charge in [0.25, 0.3) is 5.91 Å². The van der Waals surface area contributed by atoms with E-state index >= 15 is 0 Å². The maximum absolute atomic E-state index is 14.4. The number of rotatable bonds is 8. The minimum atomic E-state index is -1.66. The number of hydrogen-bond donors (Lipinski definition) is 4. The zero-order valence-electron chi connectivity index (χ0n) is 30.8. The molecule has 12 nitrogen and oxygen atoms in total. The summed E-state index contributed by atoms with van der Waals surface area (Å²) in [5, 5.41) is 17.3. The molecule has 3 aromatic carbocycles. The van der Waals surface area contributed by atoms with E-state index in [1.54, 1.807) is 62.8 Å². The fourth-order valence-corrected chi connectivity index (χ4v) is 7.26. The summed E-state index contributed by atoms with van der Waals surface area (Å²) in [5.74, 6) is -0.330. The molecule has 0 aliphatic carbocycles. The third-order valence-electron chi connectivity index (χ3n) is 10.3. The van der Waals surface area contributed by atoms with Crippen LogP contribution in [0.5, 0.6) is 17.4 Å².